The Balaban J connectivity index is 2.35. The second-order valence-corrected chi connectivity index (χ2v) is 6.92. The molecule has 0 fully saturated rings. The molecule has 7 heteroatoms. The Morgan fingerprint density at radius 2 is 1.84 bits per heavy atom. The summed E-state index contributed by atoms with van der Waals surface area (Å²) in [6.45, 7) is 7.98. The molecule has 7 nitrogen and oxygen atoms in total. The lowest BCUT2D eigenvalue weighted by Crippen LogP contribution is -2.30. The van der Waals surface area contributed by atoms with Gasteiger partial charge in [0.1, 0.15) is 6.54 Å². The van der Waals surface area contributed by atoms with Crippen molar-refractivity contribution in [1.82, 2.24) is 20.3 Å². The topological polar surface area (TPSA) is 97.1 Å². The van der Waals surface area contributed by atoms with E-state index in [1.165, 1.54) is 5.56 Å². The van der Waals surface area contributed by atoms with Crippen molar-refractivity contribution in [2.75, 3.05) is 6.54 Å². The first-order valence-corrected chi connectivity index (χ1v) is 8.29. The quantitative estimate of drug-likeness (QED) is 0.838. The van der Waals surface area contributed by atoms with Crippen LogP contribution < -0.4 is 5.32 Å². The number of carboxylic acid groups (broad SMARTS) is 1. The standard InChI is InChI=1S/C18H24N4O3/c1-5-6-14-16(17(25)19-11-15(23)24)20-21-22(14)13-9-7-12(8-10-13)18(2,3)4/h7-10H,5-6,11H2,1-4H3,(H,19,25)(H,23,24). The first kappa shape index (κ1) is 18.6. The zero-order valence-electron chi connectivity index (χ0n) is 15.0. The van der Waals surface area contributed by atoms with E-state index in [0.29, 0.717) is 12.1 Å². The molecule has 1 amide bonds. The molecule has 0 saturated carbocycles. The van der Waals surface area contributed by atoms with Crippen LogP contribution >= 0.6 is 0 Å². The average Bonchev–Trinajstić information content (AvgIpc) is 2.96. The van der Waals surface area contributed by atoms with Gasteiger partial charge in [-0.3, -0.25) is 9.59 Å². The number of carboxylic acids is 1. The third kappa shape index (κ3) is 4.43. The summed E-state index contributed by atoms with van der Waals surface area (Å²) in [6.07, 6.45) is 1.43. The minimum Gasteiger partial charge on any atom is -0.480 e. The van der Waals surface area contributed by atoms with E-state index in [4.69, 9.17) is 5.11 Å². The van der Waals surface area contributed by atoms with Crippen molar-refractivity contribution in [3.63, 3.8) is 0 Å². The van der Waals surface area contributed by atoms with E-state index in [9.17, 15) is 9.59 Å². The highest BCUT2D eigenvalue weighted by Crippen LogP contribution is 2.24. The highest BCUT2D eigenvalue weighted by molar-refractivity contribution is 5.95. The van der Waals surface area contributed by atoms with Gasteiger partial charge in [0.25, 0.3) is 5.91 Å². The molecular weight excluding hydrogens is 320 g/mol. The summed E-state index contributed by atoms with van der Waals surface area (Å²) < 4.78 is 1.64. The second kappa shape index (κ2) is 7.46. The number of benzene rings is 1. The highest BCUT2D eigenvalue weighted by Gasteiger charge is 2.21. The number of rotatable bonds is 6. The summed E-state index contributed by atoms with van der Waals surface area (Å²) in [7, 11) is 0. The van der Waals surface area contributed by atoms with Crippen LogP contribution in [0.15, 0.2) is 24.3 Å². The van der Waals surface area contributed by atoms with Crippen LogP contribution in [0.25, 0.3) is 5.69 Å². The highest BCUT2D eigenvalue weighted by atomic mass is 16.4. The first-order chi connectivity index (χ1) is 11.7. The van der Waals surface area contributed by atoms with Crippen LogP contribution in [0.4, 0.5) is 0 Å². The Kier molecular flexibility index (Phi) is 5.56. The summed E-state index contributed by atoms with van der Waals surface area (Å²) in [4.78, 5) is 22.8. The minimum atomic E-state index is -1.10. The van der Waals surface area contributed by atoms with E-state index in [2.05, 4.69) is 36.4 Å². The average molecular weight is 344 g/mol. The Labute approximate surface area is 147 Å². The molecule has 25 heavy (non-hydrogen) atoms. The number of hydrogen-bond donors (Lipinski definition) is 2. The number of nitrogens with zero attached hydrogens (tertiary/aromatic N) is 3. The summed E-state index contributed by atoms with van der Waals surface area (Å²) in [5.74, 6) is -1.63. The molecule has 1 aromatic carbocycles. The molecule has 2 N–H and O–H groups in total. The number of amides is 1. The molecule has 1 aromatic heterocycles. The molecule has 0 radical (unpaired) electrons. The number of aliphatic carboxylic acids is 1. The van der Waals surface area contributed by atoms with Gasteiger partial charge in [0.05, 0.1) is 11.4 Å². The third-order valence-corrected chi connectivity index (χ3v) is 3.84. The van der Waals surface area contributed by atoms with Crippen LogP contribution in [0.1, 0.15) is 55.9 Å². The minimum absolute atomic E-state index is 0.0506. The van der Waals surface area contributed by atoms with Gasteiger partial charge in [-0.15, -0.1) is 5.10 Å². The van der Waals surface area contributed by atoms with Crippen LogP contribution in [0, 0.1) is 0 Å². The van der Waals surface area contributed by atoms with Gasteiger partial charge in [0.2, 0.25) is 0 Å². The summed E-state index contributed by atoms with van der Waals surface area (Å²) in [5, 5.41) is 19.1. The van der Waals surface area contributed by atoms with Gasteiger partial charge in [-0.1, -0.05) is 51.5 Å². The number of carbonyl (C=O) groups is 2. The molecule has 2 rings (SSSR count). The lowest BCUT2D eigenvalue weighted by molar-refractivity contribution is -0.135. The van der Waals surface area contributed by atoms with Crippen molar-refractivity contribution in [2.24, 2.45) is 0 Å². The first-order valence-electron chi connectivity index (χ1n) is 8.29. The number of carbonyl (C=O) groups excluding carboxylic acids is 1. The lowest BCUT2D eigenvalue weighted by atomic mass is 9.87. The maximum absolute atomic E-state index is 12.2. The van der Waals surface area contributed by atoms with Crippen molar-refractivity contribution in [3.8, 4) is 5.69 Å². The maximum atomic E-state index is 12.2. The zero-order valence-corrected chi connectivity index (χ0v) is 15.0. The third-order valence-electron chi connectivity index (χ3n) is 3.84. The van der Waals surface area contributed by atoms with Crippen molar-refractivity contribution in [1.29, 1.82) is 0 Å². The molecule has 0 bridgehead atoms. The second-order valence-electron chi connectivity index (χ2n) is 6.92. The van der Waals surface area contributed by atoms with Crippen LogP contribution in [-0.4, -0.2) is 38.5 Å². The van der Waals surface area contributed by atoms with E-state index in [-0.39, 0.29) is 11.1 Å². The van der Waals surface area contributed by atoms with Crippen molar-refractivity contribution in [3.05, 3.63) is 41.2 Å². The molecule has 0 unspecified atom stereocenters. The van der Waals surface area contributed by atoms with E-state index < -0.39 is 18.4 Å². The van der Waals surface area contributed by atoms with Crippen LogP contribution in [-0.2, 0) is 16.6 Å². The van der Waals surface area contributed by atoms with E-state index >= 15 is 0 Å². The van der Waals surface area contributed by atoms with Crippen molar-refractivity contribution >= 4 is 11.9 Å². The van der Waals surface area contributed by atoms with Gasteiger partial charge in [0, 0.05) is 0 Å². The summed E-state index contributed by atoms with van der Waals surface area (Å²) in [6, 6.07) is 7.98. The molecule has 0 aliphatic rings. The molecule has 134 valence electrons. The molecule has 0 aliphatic heterocycles. The zero-order chi connectivity index (χ0) is 18.6. The summed E-state index contributed by atoms with van der Waals surface area (Å²) >= 11 is 0. The fraction of sp³-hybridized carbons (Fsp3) is 0.444. The molecular formula is C18H24N4O3. The largest absolute Gasteiger partial charge is 0.480 e. The Hall–Kier alpha value is -2.70. The summed E-state index contributed by atoms with van der Waals surface area (Å²) in [5.41, 5.74) is 2.92. The van der Waals surface area contributed by atoms with Gasteiger partial charge in [-0.25, -0.2) is 4.68 Å². The molecule has 0 spiro atoms. The van der Waals surface area contributed by atoms with Gasteiger partial charge < -0.3 is 10.4 Å². The van der Waals surface area contributed by atoms with Crippen LogP contribution in [0.5, 0.6) is 0 Å². The van der Waals surface area contributed by atoms with Crippen LogP contribution in [0.3, 0.4) is 0 Å². The molecule has 1 heterocycles. The molecule has 0 saturated heterocycles. The van der Waals surface area contributed by atoms with E-state index in [1.807, 2.05) is 31.2 Å². The monoisotopic (exact) mass is 344 g/mol. The van der Waals surface area contributed by atoms with Gasteiger partial charge in [-0.05, 0) is 29.5 Å². The van der Waals surface area contributed by atoms with Gasteiger partial charge in [0.15, 0.2) is 5.69 Å². The maximum Gasteiger partial charge on any atom is 0.322 e. The predicted molar refractivity (Wildman–Crippen MR) is 94.0 cm³/mol. The SMILES string of the molecule is CCCc1c(C(=O)NCC(=O)O)nnn1-c1ccc(C(C)(C)C)cc1. The van der Waals surface area contributed by atoms with Crippen LogP contribution in [0.2, 0.25) is 0 Å². The Morgan fingerprint density at radius 3 is 2.36 bits per heavy atom. The van der Waals surface area contributed by atoms with Gasteiger partial charge in [-0.2, -0.15) is 0 Å². The molecule has 0 atom stereocenters. The number of nitrogens with one attached hydrogen (secondary N) is 1. The Morgan fingerprint density at radius 1 is 1.20 bits per heavy atom. The van der Waals surface area contributed by atoms with Crippen molar-refractivity contribution in [2.45, 2.75) is 46.0 Å². The van der Waals surface area contributed by atoms with Crippen molar-refractivity contribution < 1.29 is 14.7 Å². The number of hydrogen-bond acceptors (Lipinski definition) is 4. The van der Waals surface area contributed by atoms with E-state index in [1.54, 1.807) is 4.68 Å². The normalized spacial score (nSPS) is 11.4. The number of aromatic nitrogens is 3. The predicted octanol–water partition coefficient (Wildman–Crippen LogP) is 2.33. The molecule has 0 aliphatic carbocycles. The smallest absolute Gasteiger partial charge is 0.322 e. The van der Waals surface area contributed by atoms with Gasteiger partial charge >= 0.3 is 5.97 Å². The fourth-order valence-electron chi connectivity index (χ4n) is 2.49. The lowest BCUT2D eigenvalue weighted by Gasteiger charge is -2.19. The Bertz CT molecular complexity index is 758. The molecule has 2 aromatic rings. The fourth-order valence-corrected chi connectivity index (χ4v) is 2.49. The van der Waals surface area contributed by atoms with E-state index in [0.717, 1.165) is 12.1 Å².